The largest absolute Gasteiger partial charge is 0.464 e. The molecule has 0 bridgehead atoms. The Labute approximate surface area is 80.1 Å². The summed E-state index contributed by atoms with van der Waals surface area (Å²) in [6.07, 6.45) is 1.74. The van der Waals surface area contributed by atoms with Crippen molar-refractivity contribution in [1.82, 2.24) is 9.38 Å². The molecule has 2 aromatic rings. The molecule has 0 atom stereocenters. The van der Waals surface area contributed by atoms with E-state index in [1.165, 1.54) is 7.11 Å². The second-order valence-electron chi connectivity index (χ2n) is 2.77. The van der Waals surface area contributed by atoms with Gasteiger partial charge in [-0.3, -0.25) is 4.40 Å². The van der Waals surface area contributed by atoms with Gasteiger partial charge in [-0.15, -0.1) is 0 Å². The van der Waals surface area contributed by atoms with Gasteiger partial charge in [0.15, 0.2) is 5.69 Å². The normalized spacial score (nSPS) is 10.4. The van der Waals surface area contributed by atoms with E-state index >= 15 is 0 Å². The molecule has 0 aliphatic carbocycles. The first-order valence-electron chi connectivity index (χ1n) is 4.05. The Bertz CT molecular complexity index is 490. The molecule has 0 saturated carbocycles. The highest BCUT2D eigenvalue weighted by molar-refractivity contribution is 5.93. The van der Waals surface area contributed by atoms with Crippen molar-refractivity contribution < 1.29 is 9.53 Å². The SMILES string of the molecule is COC(=O)c1nc2ccccn2c1N. The summed E-state index contributed by atoms with van der Waals surface area (Å²) in [5, 5.41) is 0. The lowest BCUT2D eigenvalue weighted by molar-refractivity contribution is 0.0596. The number of esters is 1. The van der Waals surface area contributed by atoms with Gasteiger partial charge < -0.3 is 10.5 Å². The Hall–Kier alpha value is -2.04. The maximum Gasteiger partial charge on any atom is 0.360 e. The quantitative estimate of drug-likeness (QED) is 0.674. The monoisotopic (exact) mass is 191 g/mol. The first-order chi connectivity index (χ1) is 6.74. The van der Waals surface area contributed by atoms with Crippen molar-refractivity contribution in [2.45, 2.75) is 0 Å². The lowest BCUT2D eigenvalue weighted by atomic mass is 10.4. The van der Waals surface area contributed by atoms with Gasteiger partial charge in [0.25, 0.3) is 0 Å². The van der Waals surface area contributed by atoms with Gasteiger partial charge in [0.1, 0.15) is 11.5 Å². The van der Waals surface area contributed by atoms with Crippen LogP contribution < -0.4 is 5.73 Å². The molecule has 2 heterocycles. The van der Waals surface area contributed by atoms with E-state index in [1.807, 2.05) is 12.1 Å². The van der Waals surface area contributed by atoms with Crippen LogP contribution in [0.2, 0.25) is 0 Å². The molecule has 2 aromatic heterocycles. The van der Waals surface area contributed by atoms with Crippen LogP contribution in [0.3, 0.4) is 0 Å². The van der Waals surface area contributed by atoms with Gasteiger partial charge in [-0.2, -0.15) is 0 Å². The van der Waals surface area contributed by atoms with Gasteiger partial charge in [0.05, 0.1) is 7.11 Å². The second kappa shape index (κ2) is 3.02. The lowest BCUT2D eigenvalue weighted by Gasteiger charge is -1.95. The minimum absolute atomic E-state index is 0.152. The van der Waals surface area contributed by atoms with E-state index in [9.17, 15) is 4.79 Å². The minimum Gasteiger partial charge on any atom is -0.464 e. The van der Waals surface area contributed by atoms with Crippen LogP contribution in [0.5, 0.6) is 0 Å². The van der Waals surface area contributed by atoms with Crippen LogP contribution in [0.4, 0.5) is 5.82 Å². The molecule has 5 heteroatoms. The number of nitrogens with zero attached hydrogens (tertiary/aromatic N) is 2. The number of carbonyl (C=O) groups excluding carboxylic acids is 1. The molecule has 0 amide bonds. The molecule has 0 aliphatic rings. The van der Waals surface area contributed by atoms with E-state index < -0.39 is 5.97 Å². The number of fused-ring (bicyclic) bond motifs is 1. The molecule has 0 unspecified atom stereocenters. The summed E-state index contributed by atoms with van der Waals surface area (Å²) in [7, 11) is 1.30. The zero-order valence-electron chi connectivity index (χ0n) is 7.60. The van der Waals surface area contributed by atoms with E-state index in [0.29, 0.717) is 11.5 Å². The molecule has 0 aliphatic heterocycles. The Morgan fingerprint density at radius 3 is 3.00 bits per heavy atom. The summed E-state index contributed by atoms with van der Waals surface area (Å²) in [5.74, 6) is -0.223. The van der Waals surface area contributed by atoms with Gasteiger partial charge in [-0.25, -0.2) is 9.78 Å². The molecule has 72 valence electrons. The molecule has 5 nitrogen and oxygen atoms in total. The van der Waals surface area contributed by atoms with E-state index in [0.717, 1.165) is 0 Å². The van der Waals surface area contributed by atoms with Gasteiger partial charge in [0, 0.05) is 6.20 Å². The number of nitrogen functional groups attached to an aromatic ring is 1. The van der Waals surface area contributed by atoms with Crippen molar-refractivity contribution in [3.05, 3.63) is 30.1 Å². The highest BCUT2D eigenvalue weighted by Gasteiger charge is 2.16. The first kappa shape index (κ1) is 8.55. The van der Waals surface area contributed by atoms with Crippen molar-refractivity contribution in [3.63, 3.8) is 0 Å². The third-order valence-corrected chi connectivity index (χ3v) is 1.95. The molecule has 2 rings (SSSR count). The molecule has 0 saturated heterocycles. The molecule has 0 radical (unpaired) electrons. The van der Waals surface area contributed by atoms with Crippen LogP contribution in [-0.4, -0.2) is 22.5 Å². The zero-order chi connectivity index (χ0) is 10.1. The summed E-state index contributed by atoms with van der Waals surface area (Å²) < 4.78 is 6.18. The number of aromatic nitrogens is 2. The Morgan fingerprint density at radius 2 is 2.36 bits per heavy atom. The second-order valence-corrected chi connectivity index (χ2v) is 2.77. The number of ether oxygens (including phenoxy) is 1. The molecule has 0 fully saturated rings. The predicted molar refractivity (Wildman–Crippen MR) is 50.9 cm³/mol. The van der Waals surface area contributed by atoms with Gasteiger partial charge in [-0.05, 0) is 12.1 Å². The molecular weight excluding hydrogens is 182 g/mol. The van der Waals surface area contributed by atoms with Crippen LogP contribution in [-0.2, 0) is 4.74 Å². The molecule has 2 N–H and O–H groups in total. The third kappa shape index (κ3) is 1.10. The Balaban J connectivity index is 2.68. The summed E-state index contributed by atoms with van der Waals surface area (Å²) in [5.41, 5.74) is 6.50. The number of methoxy groups -OCH3 is 1. The highest BCUT2D eigenvalue weighted by atomic mass is 16.5. The standard InChI is InChI=1S/C9H9N3O2/c1-14-9(13)7-8(10)12-5-3-2-4-6(12)11-7/h2-5H,10H2,1H3. The predicted octanol–water partition coefficient (Wildman–Crippen LogP) is 0.703. The average Bonchev–Trinajstić information content (AvgIpc) is 2.56. The van der Waals surface area contributed by atoms with Crippen LogP contribution in [0, 0.1) is 0 Å². The topological polar surface area (TPSA) is 69.6 Å². The molecular formula is C9H9N3O2. The summed E-state index contributed by atoms with van der Waals surface area (Å²) in [6.45, 7) is 0. The van der Waals surface area contributed by atoms with Crippen molar-refractivity contribution in [2.75, 3.05) is 12.8 Å². The zero-order valence-corrected chi connectivity index (χ0v) is 7.60. The minimum atomic E-state index is -0.522. The average molecular weight is 191 g/mol. The van der Waals surface area contributed by atoms with Gasteiger partial charge in [0.2, 0.25) is 0 Å². The van der Waals surface area contributed by atoms with Crippen molar-refractivity contribution in [2.24, 2.45) is 0 Å². The number of pyridine rings is 1. The van der Waals surface area contributed by atoms with Crippen molar-refractivity contribution in [1.29, 1.82) is 0 Å². The van der Waals surface area contributed by atoms with E-state index in [-0.39, 0.29) is 5.69 Å². The van der Waals surface area contributed by atoms with Crippen molar-refractivity contribution in [3.8, 4) is 0 Å². The number of hydrogen-bond donors (Lipinski definition) is 1. The number of carbonyl (C=O) groups is 1. The van der Waals surface area contributed by atoms with Gasteiger partial charge >= 0.3 is 5.97 Å². The molecule has 0 aromatic carbocycles. The fraction of sp³-hybridized carbons (Fsp3) is 0.111. The van der Waals surface area contributed by atoms with E-state index in [1.54, 1.807) is 16.7 Å². The van der Waals surface area contributed by atoms with Crippen LogP contribution in [0.25, 0.3) is 5.65 Å². The van der Waals surface area contributed by atoms with E-state index in [4.69, 9.17) is 5.73 Å². The van der Waals surface area contributed by atoms with Crippen LogP contribution in [0.1, 0.15) is 10.5 Å². The Kier molecular flexibility index (Phi) is 1.85. The first-order valence-corrected chi connectivity index (χ1v) is 4.05. The maximum absolute atomic E-state index is 11.2. The lowest BCUT2D eigenvalue weighted by Crippen LogP contribution is -2.05. The summed E-state index contributed by atoms with van der Waals surface area (Å²) >= 11 is 0. The fourth-order valence-electron chi connectivity index (χ4n) is 1.26. The summed E-state index contributed by atoms with van der Waals surface area (Å²) in [6, 6.07) is 5.40. The number of anilines is 1. The van der Waals surface area contributed by atoms with Crippen molar-refractivity contribution >= 4 is 17.4 Å². The smallest absolute Gasteiger partial charge is 0.360 e. The number of nitrogens with two attached hydrogens (primary N) is 1. The molecule has 0 spiro atoms. The number of imidazole rings is 1. The number of hydrogen-bond acceptors (Lipinski definition) is 4. The van der Waals surface area contributed by atoms with Crippen LogP contribution >= 0.6 is 0 Å². The number of rotatable bonds is 1. The fourth-order valence-corrected chi connectivity index (χ4v) is 1.26. The van der Waals surface area contributed by atoms with E-state index in [2.05, 4.69) is 9.72 Å². The Morgan fingerprint density at radius 1 is 1.57 bits per heavy atom. The highest BCUT2D eigenvalue weighted by Crippen LogP contribution is 2.14. The third-order valence-electron chi connectivity index (χ3n) is 1.95. The molecule has 14 heavy (non-hydrogen) atoms. The maximum atomic E-state index is 11.2. The van der Waals surface area contributed by atoms with Crippen LogP contribution in [0.15, 0.2) is 24.4 Å². The van der Waals surface area contributed by atoms with Gasteiger partial charge in [-0.1, -0.05) is 6.07 Å². The summed E-state index contributed by atoms with van der Waals surface area (Å²) in [4.78, 5) is 15.3.